The molecular weight excluding hydrogens is 384 g/mol. The zero-order valence-electron chi connectivity index (χ0n) is 12.8. The second kappa shape index (κ2) is 7.41. The lowest BCUT2D eigenvalue weighted by molar-refractivity contribution is -0.143. The van der Waals surface area contributed by atoms with E-state index in [2.05, 4.69) is 0 Å². The molecule has 0 aromatic heterocycles. The van der Waals surface area contributed by atoms with Crippen LogP contribution in [0.1, 0.15) is 16.7 Å². The third-order valence-electron chi connectivity index (χ3n) is 3.15. The van der Waals surface area contributed by atoms with Crippen molar-refractivity contribution in [3.05, 3.63) is 70.3 Å². The maximum atomic E-state index is 12.8. The molecule has 0 aliphatic rings. The zero-order valence-corrected chi connectivity index (χ0v) is 13.5. The van der Waals surface area contributed by atoms with Gasteiger partial charge in [-0.05, 0) is 42.0 Å². The van der Waals surface area contributed by atoms with Gasteiger partial charge in [-0.3, -0.25) is 4.79 Å². The Kier molecular flexibility index (Phi) is 5.65. The number of anilines is 1. The first-order valence-electron chi connectivity index (χ1n) is 6.99. The van der Waals surface area contributed by atoms with Gasteiger partial charge in [-0.2, -0.15) is 26.3 Å². The fourth-order valence-electron chi connectivity index (χ4n) is 1.96. The molecule has 0 heterocycles. The summed E-state index contributed by atoms with van der Waals surface area (Å²) >= 11 is 5.70. The highest BCUT2D eigenvalue weighted by molar-refractivity contribution is 6.30. The van der Waals surface area contributed by atoms with Crippen LogP contribution >= 0.6 is 11.6 Å². The molecule has 0 bridgehead atoms. The molecule has 0 aliphatic heterocycles. The van der Waals surface area contributed by atoms with E-state index in [4.69, 9.17) is 11.6 Å². The van der Waals surface area contributed by atoms with Crippen LogP contribution in [0.4, 0.5) is 32.0 Å². The molecule has 2 rings (SSSR count). The van der Waals surface area contributed by atoms with Crippen molar-refractivity contribution < 1.29 is 31.1 Å². The molecule has 9 heteroatoms. The van der Waals surface area contributed by atoms with Crippen molar-refractivity contribution in [2.75, 3.05) is 5.32 Å². The molecule has 2 aromatic rings. The molecule has 1 amide bonds. The number of carbonyl (C=O) groups excluding carboxylic acids is 1. The highest BCUT2D eigenvalue weighted by Gasteiger charge is 2.37. The highest BCUT2D eigenvalue weighted by Crippen LogP contribution is 2.37. The average Bonchev–Trinajstić information content (AvgIpc) is 2.52. The molecule has 2 nitrogen and oxygen atoms in total. The van der Waals surface area contributed by atoms with Crippen LogP contribution in [0, 0.1) is 0 Å². The summed E-state index contributed by atoms with van der Waals surface area (Å²) in [4.78, 5) is 11.8. The number of rotatable bonds is 3. The molecule has 0 unspecified atom stereocenters. The monoisotopic (exact) mass is 393 g/mol. The van der Waals surface area contributed by atoms with Gasteiger partial charge in [-0.25, -0.2) is 0 Å². The zero-order chi connectivity index (χ0) is 19.5. The van der Waals surface area contributed by atoms with Crippen LogP contribution < -0.4 is 5.32 Å². The number of hydrogen-bond donors (Lipinski definition) is 1. The highest BCUT2D eigenvalue weighted by atomic mass is 35.5. The summed E-state index contributed by atoms with van der Waals surface area (Å²) in [6.45, 7) is 0. The van der Waals surface area contributed by atoms with Crippen LogP contribution in [0.3, 0.4) is 0 Å². The molecule has 26 heavy (non-hydrogen) atoms. The summed E-state index contributed by atoms with van der Waals surface area (Å²) in [7, 11) is 0. The molecule has 0 saturated heterocycles. The third-order valence-corrected chi connectivity index (χ3v) is 3.40. The molecular formula is C17H10ClF6NO. The van der Waals surface area contributed by atoms with Gasteiger partial charge in [0, 0.05) is 16.8 Å². The van der Waals surface area contributed by atoms with Crippen molar-refractivity contribution in [3.63, 3.8) is 0 Å². The van der Waals surface area contributed by atoms with Gasteiger partial charge < -0.3 is 5.32 Å². The second-order valence-corrected chi connectivity index (χ2v) is 5.61. The second-order valence-electron chi connectivity index (χ2n) is 5.17. The van der Waals surface area contributed by atoms with Crippen molar-refractivity contribution in [2.45, 2.75) is 12.4 Å². The molecule has 0 aliphatic carbocycles. The van der Waals surface area contributed by atoms with E-state index in [1.807, 2.05) is 5.32 Å². The summed E-state index contributed by atoms with van der Waals surface area (Å²) < 4.78 is 76.6. The smallest absolute Gasteiger partial charge is 0.322 e. The van der Waals surface area contributed by atoms with Crippen LogP contribution in [-0.4, -0.2) is 5.91 Å². The minimum atomic E-state index is -4.99. The quantitative estimate of drug-likeness (QED) is 0.500. The summed E-state index contributed by atoms with van der Waals surface area (Å²) in [5, 5.41) is 2.46. The van der Waals surface area contributed by atoms with Gasteiger partial charge in [-0.15, -0.1) is 0 Å². The van der Waals surface area contributed by atoms with Gasteiger partial charge in [0.2, 0.25) is 5.91 Å². The molecule has 1 N–H and O–H groups in total. The SMILES string of the molecule is O=C(/C=C/c1ccc(Cl)cc1)Nc1cc(C(F)(F)F)cc(C(F)(F)F)c1. The first kappa shape index (κ1) is 19.8. The minimum absolute atomic E-state index is 0.0147. The number of nitrogens with one attached hydrogen (secondary N) is 1. The summed E-state index contributed by atoms with van der Waals surface area (Å²) in [5.41, 5.74) is -3.06. The van der Waals surface area contributed by atoms with Crippen LogP contribution in [-0.2, 0) is 17.1 Å². The van der Waals surface area contributed by atoms with Gasteiger partial charge in [-0.1, -0.05) is 23.7 Å². The molecule has 0 radical (unpaired) electrons. The van der Waals surface area contributed by atoms with Crippen LogP contribution in [0.15, 0.2) is 48.5 Å². The largest absolute Gasteiger partial charge is 0.416 e. The number of benzene rings is 2. The summed E-state index contributed by atoms with van der Waals surface area (Å²) in [5.74, 6) is -0.882. The van der Waals surface area contributed by atoms with Gasteiger partial charge in [0.15, 0.2) is 0 Å². The summed E-state index contributed by atoms with van der Waals surface area (Å²) in [6, 6.07) is 7.13. The van der Waals surface area contributed by atoms with Crippen molar-refractivity contribution in [3.8, 4) is 0 Å². The Morgan fingerprint density at radius 2 is 1.38 bits per heavy atom. The topological polar surface area (TPSA) is 29.1 Å². The van der Waals surface area contributed by atoms with E-state index in [1.54, 1.807) is 24.3 Å². The van der Waals surface area contributed by atoms with Crippen LogP contribution in [0.2, 0.25) is 5.02 Å². The molecule has 2 aromatic carbocycles. The van der Waals surface area contributed by atoms with Crippen molar-refractivity contribution in [1.82, 2.24) is 0 Å². The van der Waals surface area contributed by atoms with E-state index in [0.717, 1.165) is 6.08 Å². The fourth-order valence-corrected chi connectivity index (χ4v) is 2.08. The van der Waals surface area contributed by atoms with Gasteiger partial charge in [0.25, 0.3) is 0 Å². The number of alkyl halides is 6. The average molecular weight is 394 g/mol. The van der Waals surface area contributed by atoms with Crippen LogP contribution in [0.25, 0.3) is 6.08 Å². The summed E-state index contributed by atoms with van der Waals surface area (Å²) in [6.07, 6.45) is -7.65. The number of halogens is 7. The molecule has 0 saturated carbocycles. The van der Waals surface area contributed by atoms with Crippen molar-refractivity contribution in [1.29, 1.82) is 0 Å². The van der Waals surface area contributed by atoms with E-state index in [1.165, 1.54) is 6.08 Å². The van der Waals surface area contributed by atoms with E-state index in [9.17, 15) is 31.1 Å². The standard InChI is InChI=1S/C17H10ClF6NO/c18-13-4-1-10(2-5-13)3-6-15(26)25-14-8-11(16(19,20)21)7-12(9-14)17(22,23)24/h1-9H,(H,25,26)/b6-3+. The lowest BCUT2D eigenvalue weighted by Gasteiger charge is -2.14. The maximum Gasteiger partial charge on any atom is 0.416 e. The lowest BCUT2D eigenvalue weighted by atomic mass is 10.1. The van der Waals surface area contributed by atoms with E-state index < -0.39 is 35.1 Å². The minimum Gasteiger partial charge on any atom is -0.322 e. The first-order chi connectivity index (χ1) is 11.9. The Balaban J connectivity index is 2.24. The van der Waals surface area contributed by atoms with E-state index >= 15 is 0 Å². The molecule has 0 fully saturated rings. The van der Waals surface area contributed by atoms with Gasteiger partial charge in [0.05, 0.1) is 11.1 Å². The Bertz CT molecular complexity index is 792. The van der Waals surface area contributed by atoms with E-state index in [-0.39, 0.29) is 6.07 Å². The molecule has 138 valence electrons. The van der Waals surface area contributed by atoms with Gasteiger partial charge in [0.1, 0.15) is 0 Å². The fraction of sp³-hybridized carbons (Fsp3) is 0.118. The maximum absolute atomic E-state index is 12.8. The third kappa shape index (κ3) is 5.52. The van der Waals surface area contributed by atoms with Crippen molar-refractivity contribution >= 4 is 29.3 Å². The first-order valence-corrected chi connectivity index (χ1v) is 7.37. The number of hydrogen-bond acceptors (Lipinski definition) is 1. The lowest BCUT2D eigenvalue weighted by Crippen LogP contribution is -2.14. The van der Waals surface area contributed by atoms with Crippen LogP contribution in [0.5, 0.6) is 0 Å². The Hall–Kier alpha value is -2.48. The Morgan fingerprint density at radius 3 is 1.85 bits per heavy atom. The van der Waals surface area contributed by atoms with Gasteiger partial charge >= 0.3 is 12.4 Å². The molecule has 0 atom stereocenters. The number of amides is 1. The molecule has 0 spiro atoms. The Morgan fingerprint density at radius 1 is 0.885 bits per heavy atom. The predicted molar refractivity (Wildman–Crippen MR) is 85.6 cm³/mol. The predicted octanol–water partition coefficient (Wildman–Crippen LogP) is 6.03. The normalized spacial score (nSPS) is 12.4. The Labute approximate surface area is 149 Å². The van der Waals surface area contributed by atoms with E-state index in [0.29, 0.717) is 22.7 Å². The van der Waals surface area contributed by atoms with Crippen molar-refractivity contribution in [2.24, 2.45) is 0 Å². The number of carbonyl (C=O) groups is 1.